The molecular weight excluding hydrogens is 644 g/mol. The number of benzene rings is 2. The lowest BCUT2D eigenvalue weighted by Gasteiger charge is -2.36. The third kappa shape index (κ3) is 4.58. The number of nitrogens with one attached hydrogen (secondary N) is 2. The van der Waals surface area contributed by atoms with Crippen LogP contribution in [0.25, 0.3) is 16.6 Å². The molecule has 1 amide bonds. The standard InChI is InChI=1S/C29H27FIN5O5/c1-15-23-22(24(34(3)25(15)37)33-21-10-7-16(31)11-20(21)30)26(38)36(18-8-9-18)28(40)35(23)19-6-4-5-17(12-19)32-27(39)29(2)13-41-14-29/h4-7,10-12,18,33H,8-9,13-14H2,1-3H3,(H,32,39). The number of anilines is 3. The number of fused-ring (bicyclic) bond motifs is 1. The quantitative estimate of drug-likeness (QED) is 0.300. The Hall–Kier alpha value is -3.78. The number of amides is 1. The van der Waals surface area contributed by atoms with E-state index in [1.165, 1.54) is 32.9 Å². The zero-order chi connectivity index (χ0) is 29.2. The molecular formula is C29H27FIN5O5. The van der Waals surface area contributed by atoms with E-state index in [9.17, 15) is 23.6 Å². The van der Waals surface area contributed by atoms with Crippen LogP contribution in [0.2, 0.25) is 0 Å². The van der Waals surface area contributed by atoms with Gasteiger partial charge in [-0.05, 0) is 85.7 Å². The summed E-state index contributed by atoms with van der Waals surface area (Å²) in [6.07, 6.45) is 1.33. The first kappa shape index (κ1) is 27.4. The van der Waals surface area contributed by atoms with Crippen molar-refractivity contribution in [3.8, 4) is 5.69 Å². The summed E-state index contributed by atoms with van der Waals surface area (Å²) in [6, 6.07) is 11.0. The number of carbonyl (C=O) groups excluding carboxylic acids is 1. The van der Waals surface area contributed by atoms with Gasteiger partial charge in [-0.15, -0.1) is 0 Å². The number of hydrogen-bond acceptors (Lipinski definition) is 6. The Morgan fingerprint density at radius 1 is 1.10 bits per heavy atom. The van der Waals surface area contributed by atoms with Crippen LogP contribution in [0.5, 0.6) is 0 Å². The maximum absolute atomic E-state index is 14.9. The first-order chi connectivity index (χ1) is 19.5. The van der Waals surface area contributed by atoms with Crippen molar-refractivity contribution in [2.75, 3.05) is 23.8 Å². The van der Waals surface area contributed by atoms with Gasteiger partial charge >= 0.3 is 5.69 Å². The van der Waals surface area contributed by atoms with Gasteiger partial charge < -0.3 is 15.4 Å². The van der Waals surface area contributed by atoms with E-state index in [0.717, 1.165) is 0 Å². The Bertz CT molecular complexity index is 1940. The summed E-state index contributed by atoms with van der Waals surface area (Å²) in [7, 11) is 1.50. The molecule has 4 aromatic rings. The summed E-state index contributed by atoms with van der Waals surface area (Å²) >= 11 is 1.99. The normalized spacial score (nSPS) is 15.9. The van der Waals surface area contributed by atoms with E-state index in [1.807, 2.05) is 29.5 Å². The van der Waals surface area contributed by atoms with Crippen LogP contribution in [0.15, 0.2) is 56.8 Å². The molecule has 2 fully saturated rings. The largest absolute Gasteiger partial charge is 0.379 e. The molecule has 1 saturated carbocycles. The molecule has 212 valence electrons. The Balaban J connectivity index is 1.61. The predicted octanol–water partition coefficient (Wildman–Crippen LogP) is 3.96. The second kappa shape index (κ2) is 9.94. The van der Waals surface area contributed by atoms with Gasteiger partial charge in [-0.3, -0.25) is 28.1 Å². The average molecular weight is 671 g/mol. The van der Waals surface area contributed by atoms with Crippen molar-refractivity contribution in [3.63, 3.8) is 0 Å². The van der Waals surface area contributed by atoms with Crippen LogP contribution in [-0.4, -0.2) is 32.8 Å². The molecule has 0 atom stereocenters. The highest BCUT2D eigenvalue weighted by Gasteiger charge is 2.41. The lowest BCUT2D eigenvalue weighted by molar-refractivity contribution is -0.151. The summed E-state index contributed by atoms with van der Waals surface area (Å²) in [5.41, 5.74) is -1.04. The highest BCUT2D eigenvalue weighted by Crippen LogP contribution is 2.34. The molecule has 0 spiro atoms. The first-order valence-electron chi connectivity index (χ1n) is 13.1. The summed E-state index contributed by atoms with van der Waals surface area (Å²) < 4.78 is 24.6. The van der Waals surface area contributed by atoms with Crippen LogP contribution in [-0.2, 0) is 16.6 Å². The second-order valence-electron chi connectivity index (χ2n) is 10.9. The molecule has 2 aromatic carbocycles. The van der Waals surface area contributed by atoms with E-state index in [4.69, 9.17) is 4.74 Å². The van der Waals surface area contributed by atoms with Crippen LogP contribution in [0.3, 0.4) is 0 Å². The summed E-state index contributed by atoms with van der Waals surface area (Å²) in [6.45, 7) is 3.99. The van der Waals surface area contributed by atoms with Gasteiger partial charge in [-0.1, -0.05) is 6.07 Å². The summed E-state index contributed by atoms with van der Waals surface area (Å²) in [4.78, 5) is 54.3. The van der Waals surface area contributed by atoms with Crippen molar-refractivity contribution in [2.24, 2.45) is 12.5 Å². The maximum Gasteiger partial charge on any atom is 0.336 e. The van der Waals surface area contributed by atoms with Crippen LogP contribution in [0, 0.1) is 21.7 Å². The molecule has 6 rings (SSSR count). The molecule has 1 saturated heterocycles. The second-order valence-corrected chi connectivity index (χ2v) is 12.1. The lowest BCUT2D eigenvalue weighted by atomic mass is 9.87. The summed E-state index contributed by atoms with van der Waals surface area (Å²) in [5, 5.41) is 5.93. The third-order valence-electron chi connectivity index (χ3n) is 7.69. The van der Waals surface area contributed by atoms with Gasteiger partial charge in [0.1, 0.15) is 17.0 Å². The van der Waals surface area contributed by atoms with E-state index in [2.05, 4.69) is 10.6 Å². The molecule has 0 unspecified atom stereocenters. The molecule has 0 radical (unpaired) electrons. The lowest BCUT2D eigenvalue weighted by Crippen LogP contribution is -2.49. The molecule has 41 heavy (non-hydrogen) atoms. The minimum atomic E-state index is -0.646. The van der Waals surface area contributed by atoms with Gasteiger partial charge in [0.25, 0.3) is 11.1 Å². The average Bonchev–Trinajstić information content (AvgIpc) is 3.75. The SMILES string of the molecule is Cc1c(=O)n(C)c(Nc2ccc(I)cc2F)c2c(=O)n(C3CC3)c(=O)n(-c3cccc(NC(=O)C4(C)COC4)c3)c12. The van der Waals surface area contributed by atoms with Crippen LogP contribution < -0.4 is 27.4 Å². The first-order valence-corrected chi connectivity index (χ1v) is 14.2. The van der Waals surface area contributed by atoms with E-state index in [0.29, 0.717) is 41.0 Å². The van der Waals surface area contributed by atoms with Gasteiger partial charge in [-0.2, -0.15) is 0 Å². The number of hydrogen-bond donors (Lipinski definition) is 2. The molecule has 3 heterocycles. The highest BCUT2D eigenvalue weighted by atomic mass is 127. The smallest absolute Gasteiger partial charge is 0.336 e. The molecule has 12 heteroatoms. The van der Waals surface area contributed by atoms with Crippen molar-refractivity contribution in [1.82, 2.24) is 13.7 Å². The van der Waals surface area contributed by atoms with Gasteiger partial charge in [0.05, 0.1) is 35.5 Å². The van der Waals surface area contributed by atoms with Gasteiger partial charge in [0.2, 0.25) is 5.91 Å². The van der Waals surface area contributed by atoms with E-state index in [-0.39, 0.29) is 39.9 Å². The monoisotopic (exact) mass is 671 g/mol. The van der Waals surface area contributed by atoms with E-state index < -0.39 is 28.0 Å². The fourth-order valence-electron chi connectivity index (χ4n) is 5.12. The Kier molecular flexibility index (Phi) is 6.64. The van der Waals surface area contributed by atoms with Crippen molar-refractivity contribution < 1.29 is 13.9 Å². The number of ether oxygens (including phenoxy) is 1. The third-order valence-corrected chi connectivity index (χ3v) is 8.36. The zero-order valence-electron chi connectivity index (χ0n) is 22.6. The maximum atomic E-state index is 14.9. The topological polar surface area (TPSA) is 116 Å². The number of nitrogens with zero attached hydrogens (tertiary/aromatic N) is 3. The molecule has 2 aromatic heterocycles. The molecule has 2 N–H and O–H groups in total. The molecule has 10 nitrogen and oxygen atoms in total. The van der Waals surface area contributed by atoms with E-state index in [1.54, 1.807) is 37.3 Å². The van der Waals surface area contributed by atoms with Gasteiger partial charge in [0.15, 0.2) is 0 Å². The van der Waals surface area contributed by atoms with Crippen molar-refractivity contribution in [3.05, 3.63) is 88.6 Å². The predicted molar refractivity (Wildman–Crippen MR) is 162 cm³/mol. The Labute approximate surface area is 246 Å². The Morgan fingerprint density at radius 3 is 2.46 bits per heavy atom. The fourth-order valence-corrected chi connectivity index (χ4v) is 5.57. The fraction of sp³-hybridized carbons (Fsp3) is 0.310. The minimum Gasteiger partial charge on any atom is -0.379 e. The van der Waals surface area contributed by atoms with Crippen LogP contribution in [0.4, 0.5) is 21.6 Å². The number of rotatable bonds is 6. The Morgan fingerprint density at radius 2 is 1.83 bits per heavy atom. The summed E-state index contributed by atoms with van der Waals surface area (Å²) in [5.74, 6) is -0.689. The van der Waals surface area contributed by atoms with Gasteiger partial charge in [-0.25, -0.2) is 9.18 Å². The number of aryl methyl sites for hydroxylation is 1. The van der Waals surface area contributed by atoms with Crippen LogP contribution in [0.1, 0.15) is 31.4 Å². The number of carbonyl (C=O) groups is 1. The van der Waals surface area contributed by atoms with Crippen molar-refractivity contribution >= 4 is 56.6 Å². The minimum absolute atomic E-state index is 0.0752. The molecule has 0 bridgehead atoms. The number of aromatic nitrogens is 3. The number of pyridine rings is 1. The molecule has 1 aliphatic carbocycles. The zero-order valence-corrected chi connectivity index (χ0v) is 24.7. The molecule has 1 aliphatic heterocycles. The molecule has 2 aliphatic rings. The van der Waals surface area contributed by atoms with Gasteiger partial charge in [0, 0.05) is 27.9 Å². The van der Waals surface area contributed by atoms with E-state index >= 15 is 0 Å². The highest BCUT2D eigenvalue weighted by molar-refractivity contribution is 14.1. The number of halogens is 2. The van der Waals surface area contributed by atoms with Crippen molar-refractivity contribution in [2.45, 2.75) is 32.7 Å². The van der Waals surface area contributed by atoms with Crippen molar-refractivity contribution in [1.29, 1.82) is 0 Å². The van der Waals surface area contributed by atoms with Crippen LogP contribution >= 0.6 is 22.6 Å².